The van der Waals surface area contributed by atoms with E-state index in [2.05, 4.69) is 15.5 Å². The van der Waals surface area contributed by atoms with Gasteiger partial charge in [-0.15, -0.1) is 0 Å². The Morgan fingerprint density at radius 1 is 1.30 bits per heavy atom. The lowest BCUT2D eigenvalue weighted by atomic mass is 10.1. The Balaban J connectivity index is 1.78. The van der Waals surface area contributed by atoms with E-state index in [0.29, 0.717) is 19.7 Å². The van der Waals surface area contributed by atoms with Gasteiger partial charge in [-0.3, -0.25) is 9.69 Å². The van der Waals surface area contributed by atoms with Gasteiger partial charge in [0.25, 0.3) is 0 Å². The molecule has 1 unspecified atom stereocenters. The number of anilines is 1. The molecule has 1 heterocycles. The van der Waals surface area contributed by atoms with Crippen LogP contribution in [-0.2, 0) is 9.53 Å². The summed E-state index contributed by atoms with van der Waals surface area (Å²) in [5.41, 5.74) is 1.96. The maximum absolute atomic E-state index is 12.1. The zero-order chi connectivity index (χ0) is 16.7. The Labute approximate surface area is 137 Å². The van der Waals surface area contributed by atoms with Crippen molar-refractivity contribution in [3.63, 3.8) is 0 Å². The second kappa shape index (κ2) is 8.53. The number of carbonyl (C=O) groups excluding carboxylic acids is 2. The molecule has 2 N–H and O–H groups in total. The van der Waals surface area contributed by atoms with Crippen molar-refractivity contribution in [2.75, 3.05) is 31.6 Å². The number of amides is 2. The second-order valence-electron chi connectivity index (χ2n) is 5.85. The first-order chi connectivity index (χ1) is 11.1. The van der Waals surface area contributed by atoms with E-state index in [1.165, 1.54) is 0 Å². The second-order valence-corrected chi connectivity index (χ2v) is 5.85. The van der Waals surface area contributed by atoms with Crippen LogP contribution in [0.4, 0.5) is 10.5 Å². The van der Waals surface area contributed by atoms with Crippen molar-refractivity contribution in [3.8, 4) is 0 Å². The molecular weight excluding hydrogens is 294 g/mol. The standard InChI is InChI=1S/C17H25N3O3/c1-3-23-17(22)19-15-5-4-10-20(11-15)12-16(21)18-14-8-6-13(2)7-9-14/h6-9,15H,3-5,10-12H2,1-2H3,(H,18,21)(H,19,22). The Kier molecular flexibility index (Phi) is 6.40. The summed E-state index contributed by atoms with van der Waals surface area (Å²) in [5.74, 6) is -0.0364. The van der Waals surface area contributed by atoms with Crippen LogP contribution in [-0.4, -0.2) is 49.2 Å². The molecule has 6 nitrogen and oxygen atoms in total. The molecule has 0 aliphatic carbocycles. The highest BCUT2D eigenvalue weighted by atomic mass is 16.5. The number of aryl methyl sites for hydroxylation is 1. The molecule has 2 amide bonds. The first-order valence-electron chi connectivity index (χ1n) is 8.09. The number of nitrogens with zero attached hydrogens (tertiary/aromatic N) is 1. The lowest BCUT2D eigenvalue weighted by molar-refractivity contribution is -0.117. The van der Waals surface area contributed by atoms with Gasteiger partial charge in [-0.25, -0.2) is 4.79 Å². The Hall–Kier alpha value is -2.08. The fraction of sp³-hybridized carbons (Fsp3) is 0.529. The van der Waals surface area contributed by atoms with Gasteiger partial charge in [0, 0.05) is 18.3 Å². The molecule has 1 aromatic rings. The molecule has 1 aliphatic heterocycles. The molecule has 6 heteroatoms. The number of rotatable bonds is 5. The minimum atomic E-state index is -0.386. The highest BCUT2D eigenvalue weighted by Crippen LogP contribution is 2.12. The number of benzene rings is 1. The summed E-state index contributed by atoms with van der Waals surface area (Å²) in [6, 6.07) is 7.77. The van der Waals surface area contributed by atoms with E-state index in [-0.39, 0.29) is 18.0 Å². The van der Waals surface area contributed by atoms with Gasteiger partial charge in [0.1, 0.15) is 0 Å². The van der Waals surface area contributed by atoms with E-state index in [9.17, 15) is 9.59 Å². The van der Waals surface area contributed by atoms with Crippen LogP contribution in [0.25, 0.3) is 0 Å². The summed E-state index contributed by atoms with van der Waals surface area (Å²) in [6.45, 7) is 6.01. The highest BCUT2D eigenvalue weighted by Gasteiger charge is 2.23. The Morgan fingerprint density at radius 3 is 2.74 bits per heavy atom. The third-order valence-corrected chi connectivity index (χ3v) is 3.81. The smallest absolute Gasteiger partial charge is 0.407 e. The summed E-state index contributed by atoms with van der Waals surface area (Å²) in [6.07, 6.45) is 1.48. The summed E-state index contributed by atoms with van der Waals surface area (Å²) >= 11 is 0. The molecule has 0 aromatic heterocycles. The normalized spacial score (nSPS) is 18.3. The molecule has 0 spiro atoms. The number of piperidine rings is 1. The van der Waals surface area contributed by atoms with E-state index >= 15 is 0 Å². The van der Waals surface area contributed by atoms with Gasteiger partial charge in [-0.2, -0.15) is 0 Å². The quantitative estimate of drug-likeness (QED) is 0.872. The lowest BCUT2D eigenvalue weighted by Gasteiger charge is -2.32. The SMILES string of the molecule is CCOC(=O)NC1CCCN(CC(=O)Nc2ccc(C)cc2)C1. The van der Waals surface area contributed by atoms with Crippen LogP contribution >= 0.6 is 0 Å². The number of hydrogen-bond donors (Lipinski definition) is 2. The first-order valence-corrected chi connectivity index (χ1v) is 8.09. The van der Waals surface area contributed by atoms with Gasteiger partial charge in [0.05, 0.1) is 13.2 Å². The third kappa shape index (κ3) is 5.90. The molecule has 0 bridgehead atoms. The topological polar surface area (TPSA) is 70.7 Å². The van der Waals surface area contributed by atoms with Crippen LogP contribution < -0.4 is 10.6 Å². The van der Waals surface area contributed by atoms with E-state index in [4.69, 9.17) is 4.74 Å². The first kappa shape index (κ1) is 17.3. The maximum atomic E-state index is 12.1. The number of carbonyl (C=O) groups is 2. The van der Waals surface area contributed by atoms with E-state index < -0.39 is 0 Å². The minimum Gasteiger partial charge on any atom is -0.450 e. The van der Waals surface area contributed by atoms with Crippen molar-refractivity contribution in [3.05, 3.63) is 29.8 Å². The van der Waals surface area contributed by atoms with Crippen molar-refractivity contribution in [1.82, 2.24) is 10.2 Å². The molecular formula is C17H25N3O3. The monoisotopic (exact) mass is 319 g/mol. The fourth-order valence-corrected chi connectivity index (χ4v) is 2.70. The molecule has 2 rings (SSSR count). The fourth-order valence-electron chi connectivity index (χ4n) is 2.70. The molecule has 1 fully saturated rings. The molecule has 23 heavy (non-hydrogen) atoms. The number of ether oxygens (including phenoxy) is 1. The zero-order valence-corrected chi connectivity index (χ0v) is 13.8. The molecule has 1 aliphatic rings. The molecule has 0 radical (unpaired) electrons. The van der Waals surface area contributed by atoms with Crippen molar-refractivity contribution in [2.45, 2.75) is 32.7 Å². The van der Waals surface area contributed by atoms with Crippen LogP contribution in [0.2, 0.25) is 0 Å². The van der Waals surface area contributed by atoms with Gasteiger partial charge in [0.15, 0.2) is 0 Å². The van der Waals surface area contributed by atoms with E-state index in [0.717, 1.165) is 30.6 Å². The average Bonchev–Trinajstić information content (AvgIpc) is 2.50. The van der Waals surface area contributed by atoms with Crippen LogP contribution in [0.1, 0.15) is 25.3 Å². The van der Waals surface area contributed by atoms with Gasteiger partial charge < -0.3 is 15.4 Å². The van der Waals surface area contributed by atoms with Crippen LogP contribution in [0, 0.1) is 6.92 Å². The van der Waals surface area contributed by atoms with Gasteiger partial charge in [-0.1, -0.05) is 17.7 Å². The molecule has 1 atom stereocenters. The summed E-state index contributed by atoms with van der Waals surface area (Å²) in [5, 5.41) is 5.74. The molecule has 1 saturated heterocycles. The largest absolute Gasteiger partial charge is 0.450 e. The Morgan fingerprint density at radius 2 is 2.04 bits per heavy atom. The predicted octanol–water partition coefficient (Wildman–Crippen LogP) is 2.14. The van der Waals surface area contributed by atoms with Crippen LogP contribution in [0.5, 0.6) is 0 Å². The summed E-state index contributed by atoms with van der Waals surface area (Å²) < 4.78 is 4.90. The third-order valence-electron chi connectivity index (χ3n) is 3.81. The van der Waals surface area contributed by atoms with Crippen molar-refractivity contribution in [2.24, 2.45) is 0 Å². The van der Waals surface area contributed by atoms with E-state index in [1.807, 2.05) is 31.2 Å². The summed E-state index contributed by atoms with van der Waals surface area (Å²) in [7, 11) is 0. The van der Waals surface area contributed by atoms with Gasteiger partial charge >= 0.3 is 6.09 Å². The predicted molar refractivity (Wildman–Crippen MR) is 89.4 cm³/mol. The minimum absolute atomic E-state index is 0.0364. The van der Waals surface area contributed by atoms with Crippen molar-refractivity contribution < 1.29 is 14.3 Å². The molecule has 1 aromatic carbocycles. The van der Waals surface area contributed by atoms with Crippen molar-refractivity contribution in [1.29, 1.82) is 0 Å². The maximum Gasteiger partial charge on any atom is 0.407 e. The van der Waals surface area contributed by atoms with Crippen molar-refractivity contribution >= 4 is 17.7 Å². The molecule has 126 valence electrons. The zero-order valence-electron chi connectivity index (χ0n) is 13.8. The number of alkyl carbamates (subject to hydrolysis) is 1. The molecule has 0 saturated carbocycles. The Bertz CT molecular complexity index is 530. The lowest BCUT2D eigenvalue weighted by Crippen LogP contribution is -2.49. The summed E-state index contributed by atoms with van der Waals surface area (Å²) in [4.78, 5) is 25.7. The van der Waals surface area contributed by atoms with Crippen LogP contribution in [0.3, 0.4) is 0 Å². The van der Waals surface area contributed by atoms with E-state index in [1.54, 1.807) is 6.92 Å². The average molecular weight is 319 g/mol. The number of nitrogens with one attached hydrogen (secondary N) is 2. The van der Waals surface area contributed by atoms with Gasteiger partial charge in [0.2, 0.25) is 5.91 Å². The number of likely N-dealkylation sites (tertiary alicyclic amines) is 1. The van der Waals surface area contributed by atoms with Gasteiger partial charge in [-0.05, 0) is 45.4 Å². The van der Waals surface area contributed by atoms with Crippen LogP contribution in [0.15, 0.2) is 24.3 Å². The highest BCUT2D eigenvalue weighted by molar-refractivity contribution is 5.92. The number of hydrogen-bond acceptors (Lipinski definition) is 4.